The van der Waals surface area contributed by atoms with Gasteiger partial charge in [-0.25, -0.2) is 0 Å². The third-order valence-electron chi connectivity index (χ3n) is 3.91. The summed E-state index contributed by atoms with van der Waals surface area (Å²) in [4.78, 5) is 0. The number of ether oxygens (including phenoxy) is 1. The summed E-state index contributed by atoms with van der Waals surface area (Å²) in [5.41, 5.74) is 6.26. The molecule has 2 rings (SSSR count). The van der Waals surface area contributed by atoms with E-state index < -0.39 is 0 Å². The molecular weight excluding hydrogens is 258 g/mol. The average molecular weight is 283 g/mol. The number of aryl methyl sites for hydroxylation is 4. The summed E-state index contributed by atoms with van der Waals surface area (Å²) in [5.74, 6) is 1.01. The number of rotatable bonds is 5. The molecule has 0 amide bonds. The van der Waals surface area contributed by atoms with Gasteiger partial charge in [0.05, 0.1) is 6.04 Å². The fourth-order valence-electron chi connectivity index (χ4n) is 2.87. The summed E-state index contributed by atoms with van der Waals surface area (Å²) in [6.07, 6.45) is 0. The molecule has 2 aromatic carbocycles. The third kappa shape index (κ3) is 3.64. The van der Waals surface area contributed by atoms with Crippen LogP contribution in [0.3, 0.4) is 0 Å². The Morgan fingerprint density at radius 2 is 1.57 bits per heavy atom. The maximum atomic E-state index is 6.12. The highest BCUT2D eigenvalue weighted by Crippen LogP contribution is 2.26. The lowest BCUT2D eigenvalue weighted by Gasteiger charge is -2.21. The van der Waals surface area contributed by atoms with Gasteiger partial charge in [-0.3, -0.25) is 0 Å². The van der Waals surface area contributed by atoms with E-state index in [1.54, 1.807) is 0 Å². The van der Waals surface area contributed by atoms with Crippen molar-refractivity contribution in [3.63, 3.8) is 0 Å². The third-order valence-corrected chi connectivity index (χ3v) is 3.91. The second-order valence-corrected chi connectivity index (χ2v) is 5.74. The van der Waals surface area contributed by atoms with Gasteiger partial charge < -0.3 is 10.1 Å². The first kappa shape index (κ1) is 15.6. The molecule has 112 valence electrons. The second-order valence-electron chi connectivity index (χ2n) is 5.74. The number of hydrogen-bond donors (Lipinski definition) is 1. The Morgan fingerprint density at radius 3 is 2.14 bits per heavy atom. The molecule has 0 radical (unpaired) electrons. The molecule has 0 saturated heterocycles. The van der Waals surface area contributed by atoms with E-state index in [2.05, 4.69) is 69.4 Å². The van der Waals surface area contributed by atoms with E-state index in [0.29, 0.717) is 6.61 Å². The Morgan fingerprint density at radius 1 is 0.952 bits per heavy atom. The van der Waals surface area contributed by atoms with E-state index in [1.807, 2.05) is 7.05 Å². The van der Waals surface area contributed by atoms with Crippen molar-refractivity contribution in [1.82, 2.24) is 5.32 Å². The van der Waals surface area contributed by atoms with Crippen molar-refractivity contribution < 1.29 is 4.74 Å². The number of likely N-dealkylation sites (N-methyl/N-ethyl adjacent to an activating group) is 1. The molecule has 2 aromatic rings. The van der Waals surface area contributed by atoms with Gasteiger partial charge in [-0.05, 0) is 57.0 Å². The van der Waals surface area contributed by atoms with Crippen molar-refractivity contribution in [3.8, 4) is 5.75 Å². The van der Waals surface area contributed by atoms with Crippen LogP contribution in [0.25, 0.3) is 0 Å². The zero-order valence-corrected chi connectivity index (χ0v) is 13.7. The Balaban J connectivity index is 2.17. The molecule has 21 heavy (non-hydrogen) atoms. The monoisotopic (exact) mass is 283 g/mol. The molecule has 0 fully saturated rings. The average Bonchev–Trinajstić information content (AvgIpc) is 2.43. The standard InChI is InChI=1S/C19H25NO/c1-13-10-15(3)19(16(4)11-13)21-12-18(20-5)17-9-7-6-8-14(17)2/h6-11,18,20H,12H2,1-5H3. The van der Waals surface area contributed by atoms with Crippen molar-refractivity contribution in [1.29, 1.82) is 0 Å². The maximum Gasteiger partial charge on any atom is 0.125 e. The highest BCUT2D eigenvalue weighted by atomic mass is 16.5. The topological polar surface area (TPSA) is 21.3 Å². The van der Waals surface area contributed by atoms with Gasteiger partial charge in [0.15, 0.2) is 0 Å². The summed E-state index contributed by atoms with van der Waals surface area (Å²) in [6.45, 7) is 9.11. The molecule has 1 N–H and O–H groups in total. The highest BCUT2D eigenvalue weighted by molar-refractivity contribution is 5.43. The fraction of sp³-hybridized carbons (Fsp3) is 0.368. The van der Waals surface area contributed by atoms with E-state index in [1.165, 1.54) is 27.8 Å². The zero-order valence-electron chi connectivity index (χ0n) is 13.7. The molecule has 2 nitrogen and oxygen atoms in total. The van der Waals surface area contributed by atoms with E-state index in [0.717, 1.165) is 5.75 Å². The van der Waals surface area contributed by atoms with Crippen molar-refractivity contribution in [2.24, 2.45) is 0 Å². The predicted molar refractivity (Wildman–Crippen MR) is 89.1 cm³/mol. The van der Waals surface area contributed by atoms with E-state index in [9.17, 15) is 0 Å². The molecule has 0 aromatic heterocycles. The molecule has 0 aliphatic rings. The molecule has 0 heterocycles. The summed E-state index contributed by atoms with van der Waals surface area (Å²) >= 11 is 0. The number of nitrogens with one attached hydrogen (secondary N) is 1. The van der Waals surface area contributed by atoms with E-state index in [4.69, 9.17) is 4.74 Å². The summed E-state index contributed by atoms with van der Waals surface area (Å²) < 4.78 is 6.12. The van der Waals surface area contributed by atoms with Crippen LogP contribution in [0.5, 0.6) is 5.75 Å². The molecule has 1 unspecified atom stereocenters. The Kier molecular flexibility index (Phi) is 5.03. The first-order valence-electron chi connectivity index (χ1n) is 7.46. The van der Waals surface area contributed by atoms with Crippen LogP contribution in [-0.2, 0) is 0 Å². The summed E-state index contributed by atoms with van der Waals surface area (Å²) in [7, 11) is 1.98. The summed E-state index contributed by atoms with van der Waals surface area (Å²) in [6, 6.07) is 13.0. The first-order valence-corrected chi connectivity index (χ1v) is 7.46. The fourth-order valence-corrected chi connectivity index (χ4v) is 2.87. The van der Waals surface area contributed by atoms with Crippen LogP contribution < -0.4 is 10.1 Å². The minimum Gasteiger partial charge on any atom is -0.491 e. The largest absolute Gasteiger partial charge is 0.491 e. The van der Waals surface area contributed by atoms with Crippen LogP contribution in [0.1, 0.15) is 33.9 Å². The van der Waals surface area contributed by atoms with Crippen LogP contribution in [0.15, 0.2) is 36.4 Å². The van der Waals surface area contributed by atoms with Crippen molar-refractivity contribution in [3.05, 3.63) is 64.2 Å². The van der Waals surface area contributed by atoms with Gasteiger partial charge in [-0.15, -0.1) is 0 Å². The van der Waals surface area contributed by atoms with Gasteiger partial charge in [0.2, 0.25) is 0 Å². The minimum atomic E-state index is 0.200. The van der Waals surface area contributed by atoms with Gasteiger partial charge in [-0.1, -0.05) is 42.0 Å². The summed E-state index contributed by atoms with van der Waals surface area (Å²) in [5, 5.41) is 3.35. The molecule has 0 aliphatic carbocycles. The molecular formula is C19H25NO. The van der Waals surface area contributed by atoms with Crippen molar-refractivity contribution >= 4 is 0 Å². The quantitative estimate of drug-likeness (QED) is 0.885. The Hall–Kier alpha value is -1.80. The van der Waals surface area contributed by atoms with Crippen molar-refractivity contribution in [2.45, 2.75) is 33.7 Å². The van der Waals surface area contributed by atoms with Crippen LogP contribution in [0.2, 0.25) is 0 Å². The van der Waals surface area contributed by atoms with Crippen LogP contribution in [-0.4, -0.2) is 13.7 Å². The smallest absolute Gasteiger partial charge is 0.125 e. The maximum absolute atomic E-state index is 6.12. The van der Waals surface area contributed by atoms with Gasteiger partial charge in [0.1, 0.15) is 12.4 Å². The van der Waals surface area contributed by atoms with Gasteiger partial charge >= 0.3 is 0 Å². The van der Waals surface area contributed by atoms with Crippen LogP contribution in [0.4, 0.5) is 0 Å². The molecule has 1 atom stereocenters. The molecule has 2 heteroatoms. The van der Waals surface area contributed by atoms with E-state index >= 15 is 0 Å². The molecule has 0 aliphatic heterocycles. The van der Waals surface area contributed by atoms with Gasteiger partial charge in [0, 0.05) is 0 Å². The van der Waals surface area contributed by atoms with Crippen LogP contribution in [0, 0.1) is 27.7 Å². The first-order chi connectivity index (χ1) is 10.0. The second kappa shape index (κ2) is 6.77. The SMILES string of the molecule is CNC(COc1c(C)cc(C)cc1C)c1ccccc1C. The zero-order chi connectivity index (χ0) is 15.4. The van der Waals surface area contributed by atoms with Crippen LogP contribution >= 0.6 is 0 Å². The lowest BCUT2D eigenvalue weighted by molar-refractivity contribution is 0.269. The molecule has 0 spiro atoms. The van der Waals surface area contributed by atoms with Crippen molar-refractivity contribution in [2.75, 3.05) is 13.7 Å². The highest BCUT2D eigenvalue weighted by Gasteiger charge is 2.14. The lowest BCUT2D eigenvalue weighted by atomic mass is 10.0. The molecule has 0 bridgehead atoms. The van der Waals surface area contributed by atoms with Gasteiger partial charge in [-0.2, -0.15) is 0 Å². The minimum absolute atomic E-state index is 0.200. The Labute approximate surface area is 128 Å². The van der Waals surface area contributed by atoms with Gasteiger partial charge in [0.25, 0.3) is 0 Å². The predicted octanol–water partition coefficient (Wildman–Crippen LogP) is 4.26. The number of hydrogen-bond acceptors (Lipinski definition) is 2. The van der Waals surface area contributed by atoms with E-state index in [-0.39, 0.29) is 6.04 Å². The lowest BCUT2D eigenvalue weighted by Crippen LogP contribution is -2.24. The molecule has 0 saturated carbocycles. The number of benzene rings is 2. The Bertz CT molecular complexity index is 596. The normalized spacial score (nSPS) is 12.2.